The lowest BCUT2D eigenvalue weighted by Crippen LogP contribution is -2.22. The van der Waals surface area contributed by atoms with E-state index in [1.54, 1.807) is 6.26 Å². The molecule has 0 radical (unpaired) electrons. The Labute approximate surface area is 67.8 Å². The van der Waals surface area contributed by atoms with Gasteiger partial charge < -0.3 is 0 Å². The molecule has 2 amide bonds. The molecule has 0 aliphatic heterocycles. The molecule has 9 heavy (non-hydrogen) atoms. The quantitative estimate of drug-likeness (QED) is 0.566. The Morgan fingerprint density at radius 1 is 1.78 bits per heavy atom. The molecule has 50 valence electrons. The summed E-state index contributed by atoms with van der Waals surface area (Å²) < 4.78 is 3.29. The van der Waals surface area contributed by atoms with Gasteiger partial charge in [0.05, 0.1) is 0 Å². The third-order valence-electron chi connectivity index (χ3n) is 0.477. The number of rotatable bonds is 0. The number of urea groups is 1. The number of amides is 2. The third-order valence-corrected chi connectivity index (χ3v) is 1.72. The summed E-state index contributed by atoms with van der Waals surface area (Å²) in [5, 5.41) is 2.26. The predicted molar refractivity (Wildman–Crippen MR) is 44.4 cm³/mol. The lowest BCUT2D eigenvalue weighted by Gasteiger charge is -1.95. The van der Waals surface area contributed by atoms with Crippen LogP contribution in [0.15, 0.2) is 4.36 Å². The molecular weight excluding hydrogens is 176 g/mol. The van der Waals surface area contributed by atoms with Crippen molar-refractivity contribution in [2.75, 3.05) is 6.26 Å². The summed E-state index contributed by atoms with van der Waals surface area (Å²) in [5.41, 5.74) is 0. The Morgan fingerprint density at radius 2 is 2.33 bits per heavy atom. The number of nitrogens with zero attached hydrogens (tertiary/aromatic N) is 1. The van der Waals surface area contributed by atoms with Gasteiger partial charge in [-0.1, -0.05) is 12.2 Å². The van der Waals surface area contributed by atoms with Gasteiger partial charge in [-0.3, -0.25) is 5.32 Å². The smallest absolute Gasteiger partial charge is 0.291 e. The van der Waals surface area contributed by atoms with Gasteiger partial charge in [-0.2, -0.15) is 0 Å². The molecule has 0 unspecified atom stereocenters. The van der Waals surface area contributed by atoms with Crippen LogP contribution in [0.5, 0.6) is 0 Å². The van der Waals surface area contributed by atoms with Gasteiger partial charge in [-0.25, -0.2) is 4.79 Å². The predicted octanol–water partition coefficient (Wildman–Crippen LogP) is 1.07. The molecule has 0 bridgehead atoms. The summed E-state index contributed by atoms with van der Waals surface area (Å²) >= 11 is 9.97. The zero-order chi connectivity index (χ0) is 7.28. The molecule has 0 rings (SSSR count). The van der Waals surface area contributed by atoms with Gasteiger partial charge in [-0.15, -0.1) is 16.1 Å². The molecule has 0 aromatic heterocycles. The van der Waals surface area contributed by atoms with E-state index in [2.05, 4.69) is 34.3 Å². The van der Waals surface area contributed by atoms with Crippen LogP contribution in [0.1, 0.15) is 0 Å². The Hall–Kier alpha value is -0.0700. The zero-order valence-electron chi connectivity index (χ0n) is 4.58. The molecule has 3 nitrogen and oxygen atoms in total. The fourth-order valence-corrected chi connectivity index (χ4v) is 0.483. The van der Waals surface area contributed by atoms with Gasteiger partial charge in [0.2, 0.25) is 0 Å². The van der Waals surface area contributed by atoms with E-state index in [0.29, 0.717) is 4.32 Å². The van der Waals surface area contributed by atoms with Crippen molar-refractivity contribution in [3.63, 3.8) is 0 Å². The monoisotopic (exact) mass is 180 g/mol. The molecule has 0 spiro atoms. The molecule has 0 saturated carbocycles. The number of thiocarbonyl (C=S) groups is 1. The minimum atomic E-state index is -0.579. The van der Waals surface area contributed by atoms with E-state index >= 15 is 0 Å². The van der Waals surface area contributed by atoms with Gasteiger partial charge in [0, 0.05) is 12.4 Å². The number of carbonyl (C=O) groups is 1. The van der Waals surface area contributed by atoms with Crippen LogP contribution < -0.4 is 5.32 Å². The Balaban J connectivity index is 3.59. The molecule has 0 aromatic rings. The maximum Gasteiger partial charge on any atom is 0.357 e. The number of carbonyl (C=O) groups excluding carboxylic acids is 1. The standard InChI is InChI=1S/C3H4N2OS3/c1-9-3(7)4-2(6)5-8/h1H3,(H,4,6,7). The van der Waals surface area contributed by atoms with E-state index in [4.69, 9.17) is 0 Å². The van der Waals surface area contributed by atoms with Crippen molar-refractivity contribution >= 4 is 46.8 Å². The van der Waals surface area contributed by atoms with Crippen molar-refractivity contribution in [3.8, 4) is 0 Å². The number of hydrogen-bond donors (Lipinski definition) is 1. The SMILES string of the molecule is CSC(=S)NC(=O)N=S. The topological polar surface area (TPSA) is 41.5 Å². The molecule has 0 heterocycles. The fourth-order valence-electron chi connectivity index (χ4n) is 0.161. The maximum absolute atomic E-state index is 10.3. The van der Waals surface area contributed by atoms with Crippen LogP contribution in [0.4, 0.5) is 4.79 Å². The first-order chi connectivity index (χ1) is 4.20. The summed E-state index contributed by atoms with van der Waals surface area (Å²) in [4.78, 5) is 10.3. The molecule has 0 atom stereocenters. The van der Waals surface area contributed by atoms with Crippen LogP contribution in [0.25, 0.3) is 0 Å². The third kappa shape index (κ3) is 4.43. The summed E-state index contributed by atoms with van der Waals surface area (Å²) in [6.45, 7) is 0. The minimum Gasteiger partial charge on any atom is -0.291 e. The van der Waals surface area contributed by atoms with Crippen LogP contribution in [-0.4, -0.2) is 16.6 Å². The van der Waals surface area contributed by atoms with Crippen LogP contribution >= 0.6 is 24.0 Å². The summed E-state index contributed by atoms with van der Waals surface area (Å²) in [7, 11) is 0. The van der Waals surface area contributed by atoms with E-state index in [1.807, 2.05) is 0 Å². The highest BCUT2D eigenvalue weighted by atomic mass is 32.2. The molecule has 0 saturated heterocycles. The first kappa shape index (κ1) is 8.93. The molecule has 0 aromatic carbocycles. The summed E-state index contributed by atoms with van der Waals surface area (Å²) in [6.07, 6.45) is 1.76. The largest absolute Gasteiger partial charge is 0.357 e. The van der Waals surface area contributed by atoms with Gasteiger partial charge >= 0.3 is 6.03 Å². The second kappa shape index (κ2) is 4.78. The summed E-state index contributed by atoms with van der Waals surface area (Å²) in [6, 6.07) is -0.579. The van der Waals surface area contributed by atoms with E-state index in [-0.39, 0.29) is 0 Å². The number of thioether (sulfide) groups is 1. The van der Waals surface area contributed by atoms with Crippen molar-refractivity contribution in [2.45, 2.75) is 0 Å². The average Bonchev–Trinajstić information content (AvgIpc) is 1.87. The first-order valence-electron chi connectivity index (χ1n) is 1.93. The van der Waals surface area contributed by atoms with Crippen LogP contribution in [0, 0.1) is 0 Å². The molecule has 1 N–H and O–H groups in total. The Morgan fingerprint density at radius 3 is 2.67 bits per heavy atom. The molecule has 0 fully saturated rings. The second-order valence-electron chi connectivity index (χ2n) is 1.01. The Kier molecular flexibility index (Phi) is 4.74. The van der Waals surface area contributed by atoms with Crippen molar-refractivity contribution in [1.29, 1.82) is 0 Å². The fraction of sp³-hybridized carbons (Fsp3) is 0.333. The van der Waals surface area contributed by atoms with Gasteiger partial charge in [0.25, 0.3) is 0 Å². The summed E-state index contributed by atoms with van der Waals surface area (Å²) in [5.74, 6) is 0. The van der Waals surface area contributed by atoms with Crippen molar-refractivity contribution < 1.29 is 4.79 Å². The lowest BCUT2D eigenvalue weighted by atomic mass is 11.0. The van der Waals surface area contributed by atoms with E-state index < -0.39 is 6.03 Å². The van der Waals surface area contributed by atoms with Crippen LogP contribution in [0.2, 0.25) is 0 Å². The van der Waals surface area contributed by atoms with Crippen molar-refractivity contribution in [3.05, 3.63) is 0 Å². The minimum absolute atomic E-state index is 0.383. The Bertz CT molecular complexity index is 146. The number of hydrogen-bond acceptors (Lipinski definition) is 4. The van der Waals surface area contributed by atoms with E-state index in [9.17, 15) is 4.79 Å². The average molecular weight is 180 g/mol. The van der Waals surface area contributed by atoms with Crippen molar-refractivity contribution in [2.24, 2.45) is 4.36 Å². The zero-order valence-corrected chi connectivity index (χ0v) is 7.03. The van der Waals surface area contributed by atoms with E-state index in [1.165, 1.54) is 11.8 Å². The van der Waals surface area contributed by atoms with Crippen molar-refractivity contribution in [1.82, 2.24) is 5.32 Å². The highest BCUT2D eigenvalue weighted by molar-refractivity contribution is 8.22. The maximum atomic E-state index is 10.3. The molecule has 0 aliphatic rings. The number of nitrogens with one attached hydrogen (secondary N) is 1. The van der Waals surface area contributed by atoms with Gasteiger partial charge in [0.1, 0.15) is 4.32 Å². The lowest BCUT2D eigenvalue weighted by molar-refractivity contribution is 0.254. The van der Waals surface area contributed by atoms with E-state index in [0.717, 1.165) is 0 Å². The van der Waals surface area contributed by atoms with Gasteiger partial charge in [-0.05, 0) is 6.26 Å². The highest BCUT2D eigenvalue weighted by Gasteiger charge is 1.97. The normalized spacial score (nSPS) is 8.11. The molecule has 6 heteroatoms. The second-order valence-corrected chi connectivity index (χ2v) is 2.68. The van der Waals surface area contributed by atoms with Crippen LogP contribution in [-0.2, 0) is 12.4 Å². The highest BCUT2D eigenvalue weighted by Crippen LogP contribution is 1.93. The first-order valence-corrected chi connectivity index (χ1v) is 3.92. The van der Waals surface area contributed by atoms with Crippen LogP contribution in [0.3, 0.4) is 0 Å². The molecular formula is C3H4N2OS3. The molecule has 0 aliphatic carbocycles. The van der Waals surface area contributed by atoms with Gasteiger partial charge in [0.15, 0.2) is 0 Å².